The summed E-state index contributed by atoms with van der Waals surface area (Å²) in [5, 5.41) is 0.957. The Hall–Kier alpha value is -2.30. The Morgan fingerprint density at radius 2 is 1.84 bits per heavy atom. The van der Waals surface area contributed by atoms with Crippen molar-refractivity contribution in [3.63, 3.8) is 0 Å². The number of nitrogens with one attached hydrogen (secondary N) is 1. The van der Waals surface area contributed by atoms with Crippen LogP contribution in [0.4, 0.5) is 0 Å². The van der Waals surface area contributed by atoms with E-state index in [1.54, 1.807) is 17.9 Å². The van der Waals surface area contributed by atoms with Crippen LogP contribution < -0.4 is 0 Å². The van der Waals surface area contributed by atoms with Crippen LogP contribution in [-0.4, -0.2) is 41.0 Å². The van der Waals surface area contributed by atoms with Crippen LogP contribution in [0.25, 0.3) is 10.9 Å². The highest BCUT2D eigenvalue weighted by atomic mass is 16.5. The van der Waals surface area contributed by atoms with Crippen LogP contribution in [0.5, 0.6) is 0 Å². The lowest BCUT2D eigenvalue weighted by Gasteiger charge is -2.20. The first-order valence-electron chi connectivity index (χ1n) is 8.89. The van der Waals surface area contributed by atoms with E-state index in [4.69, 9.17) is 4.74 Å². The molecule has 0 bridgehead atoms. The molecule has 0 radical (unpaired) electrons. The smallest absolute Gasteiger partial charge is 0.355 e. The highest BCUT2D eigenvalue weighted by molar-refractivity contribution is 5.96. The third-order valence-corrected chi connectivity index (χ3v) is 4.76. The fourth-order valence-corrected chi connectivity index (χ4v) is 3.17. The number of hydrogen-bond donors (Lipinski definition) is 1. The van der Waals surface area contributed by atoms with Gasteiger partial charge < -0.3 is 14.6 Å². The van der Waals surface area contributed by atoms with Gasteiger partial charge in [0.15, 0.2) is 6.10 Å². The van der Waals surface area contributed by atoms with E-state index in [0.717, 1.165) is 36.8 Å². The van der Waals surface area contributed by atoms with Crippen LogP contribution in [0.15, 0.2) is 24.3 Å². The van der Waals surface area contributed by atoms with Crippen molar-refractivity contribution < 1.29 is 14.3 Å². The Bertz CT molecular complexity index is 795. The van der Waals surface area contributed by atoms with Crippen LogP contribution in [0, 0.1) is 0 Å². The molecule has 0 unspecified atom stereocenters. The zero-order valence-electron chi connectivity index (χ0n) is 15.4. The Morgan fingerprint density at radius 3 is 2.48 bits per heavy atom. The number of likely N-dealkylation sites (tertiary alicyclic amines) is 1. The highest BCUT2D eigenvalue weighted by Crippen LogP contribution is 2.26. The third-order valence-electron chi connectivity index (χ3n) is 4.76. The van der Waals surface area contributed by atoms with Gasteiger partial charge in [-0.05, 0) is 42.9 Å². The molecule has 134 valence electrons. The standard InChI is InChI=1S/C20H26N2O3/c1-13(18(23)22-9-5-6-10-22)25-19(24)17-11-14-7-8-15(20(2,3)4)12-16(14)21-17/h7-8,11-13,21H,5-6,9-10H2,1-4H3/t13-/m1/s1. The quantitative estimate of drug-likeness (QED) is 0.866. The van der Waals surface area contributed by atoms with Crippen molar-refractivity contribution in [3.8, 4) is 0 Å². The molecule has 5 heteroatoms. The maximum absolute atomic E-state index is 12.4. The Kier molecular flexibility index (Phi) is 4.58. The molecule has 1 aromatic carbocycles. The topological polar surface area (TPSA) is 62.4 Å². The van der Waals surface area contributed by atoms with Crippen LogP contribution >= 0.6 is 0 Å². The molecule has 1 saturated heterocycles. The number of H-pyrrole nitrogens is 1. The molecule has 2 aromatic rings. The maximum Gasteiger partial charge on any atom is 0.355 e. The van der Waals surface area contributed by atoms with Gasteiger partial charge in [-0.3, -0.25) is 4.79 Å². The van der Waals surface area contributed by atoms with Crippen LogP contribution in [0.3, 0.4) is 0 Å². The highest BCUT2D eigenvalue weighted by Gasteiger charge is 2.26. The second kappa shape index (κ2) is 6.54. The van der Waals surface area contributed by atoms with Crippen molar-refractivity contribution in [2.45, 2.75) is 52.1 Å². The molecule has 1 amide bonds. The van der Waals surface area contributed by atoms with Gasteiger partial charge in [0, 0.05) is 24.0 Å². The molecule has 3 rings (SSSR count). The van der Waals surface area contributed by atoms with Crippen LogP contribution in [0.1, 0.15) is 56.6 Å². The minimum Gasteiger partial charge on any atom is -0.448 e. The van der Waals surface area contributed by atoms with Crippen molar-refractivity contribution in [3.05, 3.63) is 35.5 Å². The zero-order valence-corrected chi connectivity index (χ0v) is 15.4. The summed E-state index contributed by atoms with van der Waals surface area (Å²) in [6.07, 6.45) is 1.27. The number of esters is 1. The van der Waals surface area contributed by atoms with E-state index in [-0.39, 0.29) is 11.3 Å². The van der Waals surface area contributed by atoms with E-state index >= 15 is 0 Å². The molecule has 2 heterocycles. The summed E-state index contributed by atoms with van der Waals surface area (Å²) >= 11 is 0. The van der Waals surface area contributed by atoms with E-state index < -0.39 is 12.1 Å². The molecule has 1 fully saturated rings. The molecular weight excluding hydrogens is 316 g/mol. The van der Waals surface area contributed by atoms with Gasteiger partial charge in [0.05, 0.1) is 0 Å². The first-order chi connectivity index (χ1) is 11.8. The van der Waals surface area contributed by atoms with Crippen molar-refractivity contribution >= 4 is 22.8 Å². The molecule has 5 nitrogen and oxygen atoms in total. The summed E-state index contributed by atoms with van der Waals surface area (Å²) in [6, 6.07) is 7.91. The van der Waals surface area contributed by atoms with Gasteiger partial charge in [0.2, 0.25) is 0 Å². The van der Waals surface area contributed by atoms with E-state index in [9.17, 15) is 9.59 Å². The van der Waals surface area contributed by atoms with Gasteiger partial charge in [0.1, 0.15) is 5.69 Å². The SMILES string of the molecule is C[C@@H](OC(=O)c1cc2ccc(C(C)(C)C)cc2[nH]1)C(=O)N1CCCC1. The van der Waals surface area contributed by atoms with E-state index in [1.807, 2.05) is 6.07 Å². The fourth-order valence-electron chi connectivity index (χ4n) is 3.17. The number of hydrogen-bond acceptors (Lipinski definition) is 3. The molecule has 1 aliphatic rings. The molecule has 0 spiro atoms. The molecule has 1 aliphatic heterocycles. The number of benzene rings is 1. The molecule has 0 aliphatic carbocycles. The molecule has 1 atom stereocenters. The molecule has 25 heavy (non-hydrogen) atoms. The van der Waals surface area contributed by atoms with Gasteiger partial charge in [-0.2, -0.15) is 0 Å². The lowest BCUT2D eigenvalue weighted by molar-refractivity contribution is -0.138. The number of ether oxygens (including phenoxy) is 1. The summed E-state index contributed by atoms with van der Waals surface area (Å²) in [6.45, 7) is 9.60. The largest absolute Gasteiger partial charge is 0.448 e. The lowest BCUT2D eigenvalue weighted by atomic mass is 9.87. The Labute approximate surface area is 148 Å². The number of fused-ring (bicyclic) bond motifs is 1. The van der Waals surface area contributed by atoms with Gasteiger partial charge in [-0.15, -0.1) is 0 Å². The van der Waals surface area contributed by atoms with E-state index in [1.165, 1.54) is 5.56 Å². The van der Waals surface area contributed by atoms with Gasteiger partial charge in [-0.25, -0.2) is 4.79 Å². The summed E-state index contributed by atoms with van der Waals surface area (Å²) in [5.41, 5.74) is 2.51. The fraction of sp³-hybridized carbons (Fsp3) is 0.500. The summed E-state index contributed by atoms with van der Waals surface area (Å²) in [4.78, 5) is 29.6. The van der Waals surface area contributed by atoms with Crippen molar-refractivity contribution in [1.29, 1.82) is 0 Å². The first kappa shape index (κ1) is 17.5. The number of carbonyl (C=O) groups excluding carboxylic acids is 2. The number of aromatic nitrogens is 1. The summed E-state index contributed by atoms with van der Waals surface area (Å²) in [5.74, 6) is -0.606. The molecule has 1 N–H and O–H groups in total. The predicted molar refractivity (Wildman–Crippen MR) is 97.7 cm³/mol. The first-order valence-corrected chi connectivity index (χ1v) is 8.89. The minimum absolute atomic E-state index is 0.0383. The van der Waals surface area contributed by atoms with Crippen LogP contribution in [-0.2, 0) is 14.9 Å². The summed E-state index contributed by atoms with van der Waals surface area (Å²) < 4.78 is 5.38. The van der Waals surface area contributed by atoms with Gasteiger partial charge in [-0.1, -0.05) is 32.9 Å². The lowest BCUT2D eigenvalue weighted by Crippen LogP contribution is -2.38. The van der Waals surface area contributed by atoms with Crippen LogP contribution in [0.2, 0.25) is 0 Å². The normalized spacial score (nSPS) is 16.2. The molecule has 0 saturated carbocycles. The van der Waals surface area contributed by atoms with Crippen molar-refractivity contribution in [1.82, 2.24) is 9.88 Å². The number of aromatic amines is 1. The predicted octanol–water partition coefficient (Wildman–Crippen LogP) is 3.63. The second-order valence-corrected chi connectivity index (χ2v) is 7.81. The number of amides is 1. The van der Waals surface area contributed by atoms with E-state index in [2.05, 4.69) is 37.9 Å². The van der Waals surface area contributed by atoms with Gasteiger partial charge in [0.25, 0.3) is 5.91 Å². The third kappa shape index (κ3) is 3.70. The Morgan fingerprint density at radius 1 is 1.16 bits per heavy atom. The van der Waals surface area contributed by atoms with Crippen molar-refractivity contribution in [2.24, 2.45) is 0 Å². The average Bonchev–Trinajstić information content (AvgIpc) is 3.21. The average molecular weight is 342 g/mol. The van der Waals surface area contributed by atoms with E-state index in [0.29, 0.717) is 5.69 Å². The maximum atomic E-state index is 12.4. The monoisotopic (exact) mass is 342 g/mol. The van der Waals surface area contributed by atoms with Crippen molar-refractivity contribution in [2.75, 3.05) is 13.1 Å². The second-order valence-electron chi connectivity index (χ2n) is 7.81. The van der Waals surface area contributed by atoms with Gasteiger partial charge >= 0.3 is 5.97 Å². The number of rotatable bonds is 3. The number of carbonyl (C=O) groups is 2. The Balaban J connectivity index is 1.74. The minimum atomic E-state index is -0.762. The molecule has 1 aromatic heterocycles. The summed E-state index contributed by atoms with van der Waals surface area (Å²) in [7, 11) is 0. The zero-order chi connectivity index (χ0) is 18.2. The molecular formula is C20H26N2O3. The number of nitrogens with zero attached hydrogens (tertiary/aromatic N) is 1.